The Morgan fingerprint density at radius 1 is 0.615 bits per heavy atom. The third-order valence-electron chi connectivity index (χ3n) is 8.38. The van der Waals surface area contributed by atoms with E-state index < -0.39 is 0 Å². The predicted octanol–water partition coefficient (Wildman–Crippen LogP) is 9.65. The molecule has 2 aliphatic rings. The molecule has 1 aromatic heterocycles. The van der Waals surface area contributed by atoms with E-state index in [1.165, 1.54) is 55.3 Å². The number of allylic oxidation sites excluding steroid dienone is 4. The van der Waals surface area contributed by atoms with Crippen molar-refractivity contribution in [3.63, 3.8) is 0 Å². The van der Waals surface area contributed by atoms with E-state index >= 15 is 0 Å². The van der Waals surface area contributed by atoms with Crippen molar-refractivity contribution >= 4 is 33.0 Å². The second kappa shape index (κ2) is 8.68. The van der Waals surface area contributed by atoms with Gasteiger partial charge in [0.25, 0.3) is 0 Å². The number of hydrogen-bond acceptors (Lipinski definition) is 1. The molecule has 1 heterocycles. The van der Waals surface area contributed by atoms with Gasteiger partial charge in [0.15, 0.2) is 0 Å². The molecule has 2 aliphatic carbocycles. The SMILES string of the molecule is CCc1nc2ccccc2n1-c1ccc(-c2ccc(-c3ccc4c5c(cccc35)C3=CCCC=C34)cc2)cc1. The first kappa shape index (κ1) is 22.3. The van der Waals surface area contributed by atoms with Crippen molar-refractivity contribution in [1.29, 1.82) is 0 Å². The lowest BCUT2D eigenvalue weighted by Gasteiger charge is -2.11. The third-order valence-corrected chi connectivity index (χ3v) is 8.38. The fraction of sp³-hybridized carbons (Fsp3) is 0.108. The van der Waals surface area contributed by atoms with Gasteiger partial charge in [0, 0.05) is 12.1 Å². The first-order chi connectivity index (χ1) is 19.3. The van der Waals surface area contributed by atoms with Crippen LogP contribution in [-0.2, 0) is 6.42 Å². The molecule has 2 heteroatoms. The predicted molar refractivity (Wildman–Crippen MR) is 164 cm³/mol. The summed E-state index contributed by atoms with van der Waals surface area (Å²) < 4.78 is 2.28. The minimum Gasteiger partial charge on any atom is -0.296 e. The lowest BCUT2D eigenvalue weighted by atomic mass is 9.93. The number of rotatable bonds is 4. The Hall–Kier alpha value is -4.69. The van der Waals surface area contributed by atoms with Crippen LogP contribution in [-0.4, -0.2) is 9.55 Å². The van der Waals surface area contributed by atoms with Crippen molar-refractivity contribution in [3.05, 3.63) is 132 Å². The van der Waals surface area contributed by atoms with Crippen LogP contribution in [0.3, 0.4) is 0 Å². The van der Waals surface area contributed by atoms with E-state index in [1.807, 2.05) is 0 Å². The van der Waals surface area contributed by atoms with Crippen molar-refractivity contribution in [3.8, 4) is 27.9 Å². The Morgan fingerprint density at radius 2 is 1.26 bits per heavy atom. The highest BCUT2D eigenvalue weighted by Gasteiger charge is 2.26. The molecule has 0 atom stereocenters. The second-order valence-corrected chi connectivity index (χ2v) is 10.5. The average Bonchev–Trinajstić information content (AvgIpc) is 3.55. The topological polar surface area (TPSA) is 17.8 Å². The summed E-state index contributed by atoms with van der Waals surface area (Å²) in [5.74, 6) is 1.09. The second-order valence-electron chi connectivity index (χ2n) is 10.5. The summed E-state index contributed by atoms with van der Waals surface area (Å²) in [4.78, 5) is 4.84. The zero-order valence-electron chi connectivity index (χ0n) is 22.0. The van der Waals surface area contributed by atoms with E-state index in [-0.39, 0.29) is 0 Å². The molecular weight excluding hydrogens is 472 g/mol. The highest BCUT2D eigenvalue weighted by atomic mass is 15.1. The maximum absolute atomic E-state index is 4.84. The van der Waals surface area contributed by atoms with Crippen molar-refractivity contribution in [2.45, 2.75) is 26.2 Å². The summed E-state index contributed by atoms with van der Waals surface area (Å²) >= 11 is 0. The quantitative estimate of drug-likeness (QED) is 0.236. The highest BCUT2D eigenvalue weighted by molar-refractivity contribution is 6.24. The maximum atomic E-state index is 4.84. The van der Waals surface area contributed by atoms with E-state index in [1.54, 1.807) is 0 Å². The van der Waals surface area contributed by atoms with Crippen LogP contribution in [0.2, 0.25) is 0 Å². The normalized spacial score (nSPS) is 14.0. The maximum Gasteiger partial charge on any atom is 0.114 e. The van der Waals surface area contributed by atoms with E-state index in [0.29, 0.717) is 0 Å². The van der Waals surface area contributed by atoms with Gasteiger partial charge in [0.1, 0.15) is 5.82 Å². The van der Waals surface area contributed by atoms with Gasteiger partial charge < -0.3 is 0 Å². The molecule has 0 saturated carbocycles. The van der Waals surface area contributed by atoms with Gasteiger partial charge in [0.2, 0.25) is 0 Å². The molecule has 0 amide bonds. The van der Waals surface area contributed by atoms with Crippen LogP contribution < -0.4 is 0 Å². The zero-order chi connectivity index (χ0) is 25.9. The molecule has 186 valence electrons. The van der Waals surface area contributed by atoms with Crippen molar-refractivity contribution in [2.24, 2.45) is 0 Å². The highest BCUT2D eigenvalue weighted by Crippen LogP contribution is 2.49. The molecule has 5 aromatic carbocycles. The summed E-state index contributed by atoms with van der Waals surface area (Å²) in [6.45, 7) is 2.16. The van der Waals surface area contributed by atoms with Crippen LogP contribution in [0.5, 0.6) is 0 Å². The number of fused-ring (bicyclic) bond motifs is 4. The number of benzene rings is 5. The van der Waals surface area contributed by atoms with Crippen LogP contribution in [0.1, 0.15) is 36.7 Å². The van der Waals surface area contributed by atoms with Crippen LogP contribution >= 0.6 is 0 Å². The van der Waals surface area contributed by atoms with Gasteiger partial charge in [-0.15, -0.1) is 0 Å². The molecule has 0 unspecified atom stereocenters. The van der Waals surface area contributed by atoms with Gasteiger partial charge in [-0.2, -0.15) is 0 Å². The van der Waals surface area contributed by atoms with Gasteiger partial charge in [-0.1, -0.05) is 97.9 Å². The minimum absolute atomic E-state index is 0.893. The molecule has 0 saturated heterocycles. The molecule has 0 bridgehead atoms. The summed E-state index contributed by atoms with van der Waals surface area (Å²) in [5.41, 5.74) is 14.0. The summed E-state index contributed by atoms with van der Waals surface area (Å²) in [6, 6.07) is 37.7. The van der Waals surface area contributed by atoms with Crippen LogP contribution in [0.15, 0.2) is 115 Å². The van der Waals surface area contributed by atoms with E-state index in [4.69, 9.17) is 4.98 Å². The first-order valence-corrected chi connectivity index (χ1v) is 13.9. The van der Waals surface area contributed by atoms with Gasteiger partial charge in [-0.3, -0.25) is 4.57 Å². The van der Waals surface area contributed by atoms with E-state index in [2.05, 4.69) is 127 Å². The van der Waals surface area contributed by atoms with Crippen molar-refractivity contribution < 1.29 is 0 Å². The molecule has 0 fully saturated rings. The summed E-state index contributed by atoms with van der Waals surface area (Å²) in [5, 5.41) is 2.75. The zero-order valence-corrected chi connectivity index (χ0v) is 22.0. The monoisotopic (exact) mass is 500 g/mol. The summed E-state index contributed by atoms with van der Waals surface area (Å²) in [6.07, 6.45) is 8.00. The van der Waals surface area contributed by atoms with Crippen LogP contribution in [0.25, 0.3) is 60.9 Å². The lowest BCUT2D eigenvalue weighted by Crippen LogP contribution is -1.99. The van der Waals surface area contributed by atoms with E-state index in [0.717, 1.165) is 41.8 Å². The number of hydrogen-bond donors (Lipinski definition) is 0. The third kappa shape index (κ3) is 3.38. The van der Waals surface area contributed by atoms with E-state index in [9.17, 15) is 0 Å². The molecule has 0 aliphatic heterocycles. The molecule has 0 spiro atoms. The smallest absolute Gasteiger partial charge is 0.114 e. The standard InChI is InChI=1S/C37H28N2/c1-2-36-38-34-12-5-6-13-35(34)39(36)27-20-18-25(19-21-27)24-14-16-26(17-15-24)28-22-23-33-30-9-4-3-8-29(30)32-11-7-10-31(28)37(32)33/h5-23H,2-4H2,1H3. The fourth-order valence-electron chi connectivity index (χ4n) is 6.54. The molecule has 39 heavy (non-hydrogen) atoms. The number of aryl methyl sites for hydroxylation is 1. The van der Waals surface area contributed by atoms with Gasteiger partial charge in [0.05, 0.1) is 11.0 Å². The molecular formula is C37H28N2. The number of nitrogens with zero attached hydrogens (tertiary/aromatic N) is 2. The van der Waals surface area contributed by atoms with Gasteiger partial charge in [-0.25, -0.2) is 4.98 Å². The van der Waals surface area contributed by atoms with Gasteiger partial charge in [-0.05, 0) is 92.4 Å². The first-order valence-electron chi connectivity index (χ1n) is 13.9. The van der Waals surface area contributed by atoms with Crippen molar-refractivity contribution in [1.82, 2.24) is 9.55 Å². The molecule has 0 N–H and O–H groups in total. The minimum atomic E-state index is 0.893. The Labute approximate surface area is 228 Å². The molecule has 0 radical (unpaired) electrons. The Morgan fingerprint density at radius 3 is 2.00 bits per heavy atom. The number of imidazole rings is 1. The lowest BCUT2D eigenvalue weighted by molar-refractivity contribution is 0.908. The Balaban J connectivity index is 1.15. The van der Waals surface area contributed by atoms with Crippen LogP contribution in [0, 0.1) is 0 Å². The number of aromatic nitrogens is 2. The summed E-state index contributed by atoms with van der Waals surface area (Å²) in [7, 11) is 0. The Bertz CT molecular complexity index is 1940. The largest absolute Gasteiger partial charge is 0.296 e. The average molecular weight is 501 g/mol. The van der Waals surface area contributed by atoms with Gasteiger partial charge >= 0.3 is 0 Å². The number of para-hydroxylation sites is 2. The fourth-order valence-corrected chi connectivity index (χ4v) is 6.54. The van der Waals surface area contributed by atoms with Crippen LogP contribution in [0.4, 0.5) is 0 Å². The van der Waals surface area contributed by atoms with Crippen molar-refractivity contribution in [2.75, 3.05) is 0 Å². The molecule has 8 rings (SSSR count). The Kier molecular flexibility index (Phi) is 4.96. The molecule has 2 nitrogen and oxygen atoms in total. The molecule has 6 aromatic rings.